The van der Waals surface area contributed by atoms with Crippen molar-refractivity contribution in [3.05, 3.63) is 71.9 Å². The molecule has 122 valence electrons. The maximum atomic E-state index is 13.1. The van der Waals surface area contributed by atoms with Gasteiger partial charge >= 0.3 is 0 Å². The summed E-state index contributed by atoms with van der Waals surface area (Å²) in [5.41, 5.74) is 1.54. The molecule has 0 amide bonds. The lowest BCUT2D eigenvalue weighted by Gasteiger charge is -2.34. The van der Waals surface area contributed by atoms with E-state index in [1.54, 1.807) is 12.1 Å². The monoisotopic (exact) mass is 324 g/mol. The van der Waals surface area contributed by atoms with Crippen LogP contribution >= 0.6 is 0 Å². The molecule has 0 radical (unpaired) electrons. The Balaban J connectivity index is 1.76. The van der Waals surface area contributed by atoms with Crippen molar-refractivity contribution < 1.29 is 13.5 Å². The third-order valence-electron chi connectivity index (χ3n) is 4.60. The van der Waals surface area contributed by atoms with Gasteiger partial charge in [-0.05, 0) is 42.7 Å². The number of rotatable bonds is 3. The molecule has 0 bridgehead atoms. The Hall–Kier alpha value is -2.53. The highest BCUT2D eigenvalue weighted by molar-refractivity contribution is 5.52. The summed E-state index contributed by atoms with van der Waals surface area (Å²) in [6.07, 6.45) is 1.59. The van der Waals surface area contributed by atoms with Gasteiger partial charge in [0.25, 0.3) is 0 Å². The number of nitrogens with zero attached hydrogens (tertiary/aromatic N) is 2. The van der Waals surface area contributed by atoms with Crippen molar-refractivity contribution in [1.82, 2.24) is 10.2 Å². The number of aromatic nitrogens is 2. The van der Waals surface area contributed by atoms with Crippen molar-refractivity contribution >= 4 is 0 Å². The Kier molecular flexibility index (Phi) is 3.86. The highest BCUT2D eigenvalue weighted by Crippen LogP contribution is 2.41. The van der Waals surface area contributed by atoms with Crippen molar-refractivity contribution in [2.75, 3.05) is 13.2 Å². The van der Waals surface area contributed by atoms with Crippen LogP contribution in [0, 0.1) is 5.82 Å². The number of halogens is 1. The van der Waals surface area contributed by atoms with Crippen LogP contribution < -0.4 is 0 Å². The number of hydrogen-bond donors (Lipinski definition) is 0. The summed E-state index contributed by atoms with van der Waals surface area (Å²) < 4.78 is 24.6. The topological polar surface area (TPSA) is 48.2 Å². The molecule has 1 fully saturated rings. The van der Waals surface area contributed by atoms with E-state index in [9.17, 15) is 4.39 Å². The molecule has 1 saturated heterocycles. The number of hydrogen-bond acceptors (Lipinski definition) is 4. The first-order valence-corrected chi connectivity index (χ1v) is 8.01. The predicted octanol–water partition coefficient (Wildman–Crippen LogP) is 3.97. The highest BCUT2D eigenvalue weighted by Gasteiger charge is 2.41. The maximum absolute atomic E-state index is 13.1. The van der Waals surface area contributed by atoms with Crippen LogP contribution in [0.4, 0.5) is 4.39 Å². The molecular formula is C19H17FN2O2. The van der Waals surface area contributed by atoms with Crippen LogP contribution in [0.25, 0.3) is 11.5 Å². The van der Waals surface area contributed by atoms with E-state index in [1.807, 2.05) is 18.2 Å². The van der Waals surface area contributed by atoms with Gasteiger partial charge < -0.3 is 9.15 Å². The van der Waals surface area contributed by atoms with Crippen LogP contribution in [0.15, 0.2) is 59.0 Å². The third-order valence-corrected chi connectivity index (χ3v) is 4.60. The molecule has 0 spiro atoms. The Labute approximate surface area is 139 Å². The number of benzene rings is 2. The Bertz CT molecular complexity index is 809. The van der Waals surface area contributed by atoms with Gasteiger partial charge in [0.15, 0.2) is 0 Å². The first kappa shape index (κ1) is 15.0. The molecule has 1 aromatic heterocycles. The number of ether oxygens (including phenoxy) is 1. The van der Waals surface area contributed by atoms with Crippen LogP contribution in [0.3, 0.4) is 0 Å². The normalized spacial score (nSPS) is 16.9. The Morgan fingerprint density at radius 2 is 1.58 bits per heavy atom. The van der Waals surface area contributed by atoms with Gasteiger partial charge in [0, 0.05) is 18.8 Å². The molecule has 2 aromatic carbocycles. The first-order valence-electron chi connectivity index (χ1n) is 8.01. The fourth-order valence-corrected chi connectivity index (χ4v) is 3.23. The zero-order valence-corrected chi connectivity index (χ0v) is 13.1. The van der Waals surface area contributed by atoms with E-state index in [-0.39, 0.29) is 11.2 Å². The lowest BCUT2D eigenvalue weighted by atomic mass is 9.74. The van der Waals surface area contributed by atoms with E-state index in [2.05, 4.69) is 22.3 Å². The molecule has 5 heteroatoms. The summed E-state index contributed by atoms with van der Waals surface area (Å²) in [6.45, 7) is 1.31. The molecule has 1 aliphatic rings. The van der Waals surface area contributed by atoms with Crippen LogP contribution in [0.2, 0.25) is 0 Å². The molecule has 0 N–H and O–H groups in total. The zero-order valence-electron chi connectivity index (χ0n) is 13.1. The summed E-state index contributed by atoms with van der Waals surface area (Å²) in [7, 11) is 0. The highest BCUT2D eigenvalue weighted by atomic mass is 19.1. The predicted molar refractivity (Wildman–Crippen MR) is 87.0 cm³/mol. The van der Waals surface area contributed by atoms with Crippen molar-refractivity contribution in [1.29, 1.82) is 0 Å². The molecule has 24 heavy (non-hydrogen) atoms. The van der Waals surface area contributed by atoms with Gasteiger partial charge in [-0.1, -0.05) is 30.3 Å². The van der Waals surface area contributed by atoms with Crippen LogP contribution in [0.5, 0.6) is 0 Å². The minimum Gasteiger partial charge on any atom is -0.420 e. The first-order chi connectivity index (χ1) is 11.8. The van der Waals surface area contributed by atoms with Gasteiger partial charge in [-0.15, -0.1) is 10.2 Å². The lowest BCUT2D eigenvalue weighted by molar-refractivity contribution is 0.0546. The van der Waals surface area contributed by atoms with Gasteiger partial charge in [0.2, 0.25) is 11.8 Å². The van der Waals surface area contributed by atoms with Gasteiger partial charge in [0.05, 0.1) is 5.41 Å². The molecule has 0 aliphatic carbocycles. The Morgan fingerprint density at radius 3 is 2.29 bits per heavy atom. The summed E-state index contributed by atoms with van der Waals surface area (Å²) in [6, 6.07) is 16.3. The molecule has 0 saturated carbocycles. The SMILES string of the molecule is Fc1ccc(-c2nnc(C3(c4ccccc4)CCOCC3)o2)cc1. The molecular weight excluding hydrogens is 307 g/mol. The molecule has 3 aromatic rings. The molecule has 0 atom stereocenters. The zero-order chi connectivity index (χ0) is 16.4. The molecule has 1 aliphatic heterocycles. The van der Waals surface area contributed by atoms with Gasteiger partial charge in [0.1, 0.15) is 5.82 Å². The molecule has 0 unspecified atom stereocenters. The second kappa shape index (κ2) is 6.17. The molecule has 4 rings (SSSR count). The third kappa shape index (κ3) is 2.61. The fourth-order valence-electron chi connectivity index (χ4n) is 3.23. The van der Waals surface area contributed by atoms with E-state index in [1.165, 1.54) is 12.1 Å². The summed E-state index contributed by atoms with van der Waals surface area (Å²) in [4.78, 5) is 0. The standard InChI is InChI=1S/C19H17FN2O2/c20-16-8-6-14(7-9-16)17-21-22-18(24-17)19(10-12-23-13-11-19)15-4-2-1-3-5-15/h1-9H,10-13H2. The van der Waals surface area contributed by atoms with Crippen molar-refractivity contribution in [3.8, 4) is 11.5 Å². The van der Waals surface area contributed by atoms with E-state index in [4.69, 9.17) is 9.15 Å². The average Bonchev–Trinajstić information content (AvgIpc) is 3.14. The van der Waals surface area contributed by atoms with Crippen LogP contribution in [-0.4, -0.2) is 23.4 Å². The molecule has 4 nitrogen and oxygen atoms in total. The largest absolute Gasteiger partial charge is 0.420 e. The fraction of sp³-hybridized carbons (Fsp3) is 0.263. The second-order valence-corrected chi connectivity index (χ2v) is 5.98. The van der Waals surface area contributed by atoms with Crippen molar-refractivity contribution in [3.63, 3.8) is 0 Å². The van der Waals surface area contributed by atoms with Crippen molar-refractivity contribution in [2.24, 2.45) is 0 Å². The lowest BCUT2D eigenvalue weighted by Crippen LogP contribution is -2.35. The summed E-state index contributed by atoms with van der Waals surface area (Å²) in [5.74, 6) is 0.715. The van der Waals surface area contributed by atoms with Crippen LogP contribution in [-0.2, 0) is 10.2 Å². The van der Waals surface area contributed by atoms with E-state index in [0.29, 0.717) is 30.6 Å². The minimum atomic E-state index is -0.329. The quantitative estimate of drug-likeness (QED) is 0.731. The van der Waals surface area contributed by atoms with E-state index < -0.39 is 0 Å². The minimum absolute atomic E-state index is 0.288. The van der Waals surface area contributed by atoms with Crippen molar-refractivity contribution in [2.45, 2.75) is 18.3 Å². The van der Waals surface area contributed by atoms with E-state index in [0.717, 1.165) is 18.4 Å². The average molecular weight is 324 g/mol. The Morgan fingerprint density at radius 1 is 0.875 bits per heavy atom. The second-order valence-electron chi connectivity index (χ2n) is 5.98. The van der Waals surface area contributed by atoms with E-state index >= 15 is 0 Å². The van der Waals surface area contributed by atoms with Gasteiger partial charge in [-0.25, -0.2) is 4.39 Å². The summed E-state index contributed by atoms with van der Waals surface area (Å²) >= 11 is 0. The van der Waals surface area contributed by atoms with Gasteiger partial charge in [-0.2, -0.15) is 0 Å². The summed E-state index contributed by atoms with van der Waals surface area (Å²) in [5, 5.41) is 8.50. The van der Waals surface area contributed by atoms with Crippen LogP contribution in [0.1, 0.15) is 24.3 Å². The maximum Gasteiger partial charge on any atom is 0.247 e. The van der Waals surface area contributed by atoms with Gasteiger partial charge in [-0.3, -0.25) is 0 Å². The molecule has 2 heterocycles. The smallest absolute Gasteiger partial charge is 0.247 e.